The summed E-state index contributed by atoms with van der Waals surface area (Å²) in [5.41, 5.74) is 1.02. The number of rotatable bonds is 9. The van der Waals surface area contributed by atoms with Gasteiger partial charge in [-0.3, -0.25) is 19.8 Å². The molecule has 0 radical (unpaired) electrons. The van der Waals surface area contributed by atoms with Crippen molar-refractivity contribution >= 4 is 104 Å². The molecule has 2 aliphatic rings. The summed E-state index contributed by atoms with van der Waals surface area (Å²) in [5.74, 6) is -1.70. The highest BCUT2D eigenvalue weighted by atomic mass is 35.5. The number of fused-ring (bicyclic) bond motifs is 1. The van der Waals surface area contributed by atoms with Gasteiger partial charge in [0, 0.05) is 22.4 Å². The van der Waals surface area contributed by atoms with E-state index in [0.29, 0.717) is 21.4 Å². The van der Waals surface area contributed by atoms with Gasteiger partial charge in [-0.1, -0.05) is 46.5 Å². The third kappa shape index (κ3) is 6.94. The topological polar surface area (TPSA) is 164 Å². The fraction of sp³-hybridized carbons (Fsp3) is 0.409. The summed E-state index contributed by atoms with van der Waals surface area (Å²) in [6.07, 6.45) is 1.20. The number of aliphatic carboxylic acids is 1. The Hall–Kier alpha value is -2.31. The van der Waals surface area contributed by atoms with Gasteiger partial charge in [0.05, 0.1) is 11.3 Å². The van der Waals surface area contributed by atoms with Crippen molar-refractivity contribution in [1.82, 2.24) is 25.4 Å². The molecule has 2 aromatic heterocycles. The van der Waals surface area contributed by atoms with Crippen molar-refractivity contribution < 1.29 is 29.0 Å². The first-order chi connectivity index (χ1) is 18.9. The Labute approximate surface area is 254 Å². The Morgan fingerprint density at radius 2 is 2.02 bits per heavy atom. The number of carbonyl (C=O) groups is 4. The van der Waals surface area contributed by atoms with Crippen molar-refractivity contribution in [2.24, 2.45) is 0 Å². The molecule has 214 valence electrons. The van der Waals surface area contributed by atoms with Gasteiger partial charge in [-0.25, -0.2) is 14.6 Å². The van der Waals surface area contributed by atoms with Crippen LogP contribution in [-0.4, -0.2) is 83.8 Å². The Morgan fingerprint density at radius 3 is 2.65 bits per heavy atom. The molecular weight excluding hydrogens is 640 g/mol. The molecule has 2 atom stereocenters. The number of halogens is 1. The number of aromatic nitrogens is 3. The second-order valence-electron chi connectivity index (χ2n) is 9.13. The molecule has 0 saturated carbocycles. The van der Waals surface area contributed by atoms with Crippen LogP contribution in [-0.2, 0) is 19.1 Å². The zero-order chi connectivity index (χ0) is 29.2. The van der Waals surface area contributed by atoms with Crippen molar-refractivity contribution in [1.29, 1.82) is 0 Å². The van der Waals surface area contributed by atoms with Crippen molar-refractivity contribution in [3.05, 3.63) is 27.9 Å². The standard InChI is InChI=1S/C22H23ClN6O6S5/c1-22(2,3)35-19(34)26-18-24-11(8-38-18)10(5-23)14(30)25-12-15(31)29-13(17(32)33)9(6-37-16(12)29)7-39-21-28-27-20(36-4)40-21/h5,8,12,16H,6-7H2,1-4H3,(H,25,30)(H,32,33)(H,24,26,34)/t12?,16-/m0/s1. The minimum Gasteiger partial charge on any atom is -0.477 e. The third-order valence-corrected chi connectivity index (χ3v) is 10.6. The zero-order valence-corrected chi connectivity index (χ0v) is 26.3. The number of hydrogen-bond donors (Lipinski definition) is 3. The van der Waals surface area contributed by atoms with E-state index in [1.807, 2.05) is 6.26 Å². The highest BCUT2D eigenvalue weighted by Gasteiger charge is 2.54. The maximum absolute atomic E-state index is 13.0. The van der Waals surface area contributed by atoms with E-state index in [2.05, 4.69) is 25.8 Å². The van der Waals surface area contributed by atoms with Crippen LogP contribution in [0.4, 0.5) is 9.93 Å². The molecule has 1 saturated heterocycles. The van der Waals surface area contributed by atoms with Crippen LogP contribution in [0.3, 0.4) is 0 Å². The molecule has 3 N–H and O–H groups in total. The predicted octanol–water partition coefficient (Wildman–Crippen LogP) is 4.17. The average molecular weight is 663 g/mol. The molecule has 2 aliphatic heterocycles. The zero-order valence-electron chi connectivity index (χ0n) is 21.4. The molecule has 4 heterocycles. The van der Waals surface area contributed by atoms with E-state index in [1.54, 1.807) is 20.8 Å². The largest absolute Gasteiger partial charge is 0.477 e. The number of carboxylic acid groups (broad SMARTS) is 1. The SMILES string of the molecule is CSc1nnc(SCC2=C(C(=O)O)N3C(=O)C(NC(=O)C(=CCl)c4csc(NC(=O)OC(C)(C)C)n4)[C@@H]3SC2)s1. The van der Waals surface area contributed by atoms with Gasteiger partial charge in [0.1, 0.15) is 22.7 Å². The van der Waals surface area contributed by atoms with Crippen LogP contribution in [0.25, 0.3) is 5.57 Å². The Morgan fingerprint density at radius 1 is 1.30 bits per heavy atom. The number of carbonyl (C=O) groups excluding carboxylic acids is 3. The first-order valence-corrected chi connectivity index (χ1v) is 16.8. The maximum atomic E-state index is 13.0. The number of hydrogen-bond acceptors (Lipinski definition) is 13. The van der Waals surface area contributed by atoms with Crippen LogP contribution in [0, 0.1) is 0 Å². The minimum absolute atomic E-state index is 0.0185. The van der Waals surface area contributed by atoms with Gasteiger partial charge in [-0.05, 0) is 32.6 Å². The first kappa shape index (κ1) is 30.6. The smallest absolute Gasteiger partial charge is 0.413 e. The van der Waals surface area contributed by atoms with E-state index in [1.165, 1.54) is 56.9 Å². The molecule has 40 heavy (non-hydrogen) atoms. The Kier molecular flexibility index (Phi) is 9.72. The normalized spacial score (nSPS) is 19.2. The van der Waals surface area contributed by atoms with Crippen LogP contribution in [0.15, 0.2) is 30.9 Å². The molecule has 1 fully saturated rings. The van der Waals surface area contributed by atoms with Crippen LogP contribution < -0.4 is 10.6 Å². The number of ether oxygens (including phenoxy) is 1. The molecule has 1 unspecified atom stereocenters. The van der Waals surface area contributed by atoms with Crippen LogP contribution in [0.1, 0.15) is 26.5 Å². The van der Waals surface area contributed by atoms with Crippen molar-refractivity contribution in [2.75, 3.05) is 23.1 Å². The molecule has 2 aromatic rings. The lowest BCUT2D eigenvalue weighted by molar-refractivity contribution is -0.150. The second kappa shape index (κ2) is 12.7. The molecular formula is C22H23ClN6O6S5. The number of nitrogens with one attached hydrogen (secondary N) is 2. The molecule has 18 heteroatoms. The van der Waals surface area contributed by atoms with Crippen molar-refractivity contribution in [3.63, 3.8) is 0 Å². The van der Waals surface area contributed by atoms with Gasteiger partial charge in [0.2, 0.25) is 0 Å². The highest BCUT2D eigenvalue weighted by Crippen LogP contribution is 2.42. The van der Waals surface area contributed by atoms with E-state index >= 15 is 0 Å². The summed E-state index contributed by atoms with van der Waals surface area (Å²) >= 11 is 12.6. The van der Waals surface area contributed by atoms with E-state index in [4.69, 9.17) is 16.3 Å². The maximum Gasteiger partial charge on any atom is 0.413 e. The van der Waals surface area contributed by atoms with Crippen LogP contribution in [0.5, 0.6) is 0 Å². The predicted molar refractivity (Wildman–Crippen MR) is 158 cm³/mol. The average Bonchev–Trinajstić information content (AvgIpc) is 3.54. The molecule has 3 amide bonds. The summed E-state index contributed by atoms with van der Waals surface area (Å²) in [4.78, 5) is 55.7. The highest BCUT2D eigenvalue weighted by molar-refractivity contribution is 8.03. The van der Waals surface area contributed by atoms with Crippen LogP contribution >= 0.6 is 69.6 Å². The molecule has 0 spiro atoms. The summed E-state index contributed by atoms with van der Waals surface area (Å²) < 4.78 is 6.71. The summed E-state index contributed by atoms with van der Waals surface area (Å²) in [5, 5.41) is 24.3. The number of thiazole rings is 1. The lowest BCUT2D eigenvalue weighted by Crippen LogP contribution is -2.70. The van der Waals surface area contributed by atoms with E-state index in [0.717, 1.165) is 21.2 Å². The molecule has 12 nitrogen and oxygen atoms in total. The number of amides is 3. The molecule has 0 aromatic carbocycles. The summed E-state index contributed by atoms with van der Waals surface area (Å²) in [6, 6.07) is -0.946. The number of carboxylic acids is 1. The van der Waals surface area contributed by atoms with Crippen LogP contribution in [0.2, 0.25) is 0 Å². The fourth-order valence-electron chi connectivity index (χ4n) is 3.57. The van der Waals surface area contributed by atoms with Gasteiger partial charge in [-0.2, -0.15) is 0 Å². The summed E-state index contributed by atoms with van der Waals surface area (Å²) in [7, 11) is 0. The monoisotopic (exact) mass is 662 g/mol. The van der Waals surface area contributed by atoms with E-state index < -0.39 is 40.9 Å². The van der Waals surface area contributed by atoms with Crippen molar-refractivity contribution in [2.45, 2.75) is 46.5 Å². The Balaban J connectivity index is 1.41. The van der Waals surface area contributed by atoms with Gasteiger partial charge in [0.15, 0.2) is 13.8 Å². The molecule has 0 aliphatic carbocycles. The summed E-state index contributed by atoms with van der Waals surface area (Å²) in [6.45, 7) is 5.17. The fourth-order valence-corrected chi connectivity index (χ4v) is 8.40. The number of nitrogens with zero attached hydrogens (tertiary/aromatic N) is 4. The van der Waals surface area contributed by atoms with Gasteiger partial charge in [0.25, 0.3) is 11.8 Å². The quantitative estimate of drug-likeness (QED) is 0.200. The lowest BCUT2D eigenvalue weighted by Gasteiger charge is -2.49. The number of β-lactam (4-membered cyclic amide) rings is 1. The Bertz CT molecular complexity index is 1400. The second-order valence-corrected chi connectivity index (χ2v) is 14.6. The van der Waals surface area contributed by atoms with Crippen molar-refractivity contribution in [3.8, 4) is 0 Å². The van der Waals surface area contributed by atoms with E-state index in [9.17, 15) is 24.3 Å². The van der Waals surface area contributed by atoms with Gasteiger partial charge < -0.3 is 15.2 Å². The van der Waals surface area contributed by atoms with Gasteiger partial charge >= 0.3 is 12.1 Å². The van der Waals surface area contributed by atoms with Gasteiger partial charge in [-0.15, -0.1) is 33.3 Å². The lowest BCUT2D eigenvalue weighted by atomic mass is 10.0. The third-order valence-electron chi connectivity index (χ3n) is 5.21. The first-order valence-electron chi connectivity index (χ1n) is 11.4. The molecule has 0 bridgehead atoms. The van der Waals surface area contributed by atoms with E-state index in [-0.39, 0.29) is 22.1 Å². The molecule has 4 rings (SSSR count). The number of anilines is 1. The number of thioether (sulfide) groups is 3. The minimum atomic E-state index is -1.21.